The number of halogens is 3. The number of nitrogens with zero attached hydrogens (tertiary/aromatic N) is 6. The SMILES string of the molecule is CCOC(=O)CN=[N+]=[N-].COC(=O)/C(=C/c1cscc1F)N=[N+]=[N-].COC(=O)c1cc2c(F)csc2[nH]1.O=Cc1cscc1F. The number of esters is 3. The van der Waals surface area contributed by atoms with E-state index in [1.165, 1.54) is 62.8 Å². The Balaban J connectivity index is 0.000000310. The van der Waals surface area contributed by atoms with E-state index >= 15 is 0 Å². The van der Waals surface area contributed by atoms with E-state index in [4.69, 9.17) is 11.1 Å². The normalized spacial score (nSPS) is 9.78. The van der Waals surface area contributed by atoms with Gasteiger partial charge in [0, 0.05) is 47.7 Å². The average Bonchev–Trinajstić information content (AvgIpc) is 3.83. The zero-order valence-electron chi connectivity index (χ0n) is 23.4. The number of aldehydes is 1. The van der Waals surface area contributed by atoms with Gasteiger partial charge < -0.3 is 19.2 Å². The van der Waals surface area contributed by atoms with Crippen LogP contribution in [0.5, 0.6) is 0 Å². The second kappa shape index (κ2) is 20.7. The predicted octanol–water partition coefficient (Wildman–Crippen LogP) is 7.43. The molecule has 0 saturated heterocycles. The fraction of sp³-hybridized carbons (Fsp3) is 0.200. The second-order valence-electron chi connectivity index (χ2n) is 7.37. The lowest BCUT2D eigenvalue weighted by molar-refractivity contribution is -0.141. The summed E-state index contributed by atoms with van der Waals surface area (Å²) in [7, 11) is 2.43. The van der Waals surface area contributed by atoms with Crippen LogP contribution in [-0.4, -0.2) is 56.5 Å². The van der Waals surface area contributed by atoms with Gasteiger partial charge >= 0.3 is 17.9 Å². The Kier molecular flexibility index (Phi) is 17.4. The molecule has 4 rings (SSSR count). The van der Waals surface area contributed by atoms with Gasteiger partial charge in [0.25, 0.3) is 0 Å². The Morgan fingerprint density at radius 3 is 2.04 bits per heavy atom. The van der Waals surface area contributed by atoms with Crippen molar-refractivity contribution in [1.82, 2.24) is 4.98 Å². The highest BCUT2D eigenvalue weighted by Gasteiger charge is 2.13. The van der Waals surface area contributed by atoms with Crippen molar-refractivity contribution in [3.05, 3.63) is 93.8 Å². The Morgan fingerprint density at radius 2 is 1.60 bits per heavy atom. The van der Waals surface area contributed by atoms with Crippen molar-refractivity contribution in [2.75, 3.05) is 27.4 Å². The molecule has 0 radical (unpaired) electrons. The van der Waals surface area contributed by atoms with E-state index < -0.39 is 29.5 Å². The smallest absolute Gasteiger partial charge is 0.354 e. The molecule has 1 N–H and O–H groups in total. The van der Waals surface area contributed by atoms with Gasteiger partial charge in [-0.3, -0.25) is 9.59 Å². The van der Waals surface area contributed by atoms with Gasteiger partial charge in [-0.15, -0.1) is 34.0 Å². The van der Waals surface area contributed by atoms with E-state index in [0.29, 0.717) is 23.1 Å². The van der Waals surface area contributed by atoms with Crippen molar-refractivity contribution in [3.63, 3.8) is 0 Å². The first-order valence-electron chi connectivity index (χ1n) is 11.8. The quantitative estimate of drug-likeness (QED) is 0.0377. The van der Waals surface area contributed by atoms with Gasteiger partial charge in [0.2, 0.25) is 0 Å². The lowest BCUT2D eigenvalue weighted by atomic mass is 10.2. The maximum Gasteiger partial charge on any atom is 0.354 e. The number of rotatable bonds is 8. The molecule has 238 valence electrons. The number of aromatic amines is 1. The molecule has 0 fully saturated rings. The summed E-state index contributed by atoms with van der Waals surface area (Å²) in [5.41, 5.74) is 16.3. The number of nitrogens with one attached hydrogen (secondary N) is 1. The number of ether oxygens (including phenoxy) is 3. The molecule has 0 saturated carbocycles. The third-order valence-corrected chi connectivity index (χ3v) is 6.89. The highest BCUT2D eigenvalue weighted by atomic mass is 32.1. The molecule has 4 heterocycles. The minimum absolute atomic E-state index is 0.148. The van der Waals surface area contributed by atoms with Gasteiger partial charge in [0.15, 0.2) is 6.29 Å². The topological polar surface area (TPSA) is 209 Å². The van der Waals surface area contributed by atoms with E-state index in [9.17, 15) is 32.3 Å². The third-order valence-electron chi connectivity index (χ3n) is 4.54. The molecule has 0 bridgehead atoms. The van der Waals surface area contributed by atoms with Crippen molar-refractivity contribution in [3.8, 4) is 0 Å². The molecule has 0 aromatic carbocycles. The first kappa shape index (κ1) is 37.9. The van der Waals surface area contributed by atoms with E-state index in [1.807, 2.05) is 0 Å². The number of hydrogen-bond donors (Lipinski definition) is 1. The fourth-order valence-electron chi connectivity index (χ4n) is 2.59. The number of carbonyl (C=O) groups is 4. The first-order valence-corrected chi connectivity index (χ1v) is 14.6. The van der Waals surface area contributed by atoms with E-state index in [-0.39, 0.29) is 34.9 Å². The van der Waals surface area contributed by atoms with Crippen LogP contribution in [0, 0.1) is 17.5 Å². The number of H-pyrrole nitrogens is 1. The molecular weight excluding hydrogens is 664 g/mol. The van der Waals surface area contributed by atoms with Gasteiger partial charge in [0.1, 0.15) is 40.2 Å². The van der Waals surface area contributed by atoms with E-state index in [2.05, 4.69) is 39.2 Å². The molecule has 0 aliphatic rings. The number of carbonyl (C=O) groups excluding carboxylic acids is 4. The van der Waals surface area contributed by atoms with E-state index in [1.54, 1.807) is 6.92 Å². The summed E-state index contributed by atoms with van der Waals surface area (Å²) in [6, 6.07) is 1.45. The van der Waals surface area contributed by atoms with Gasteiger partial charge in [-0.25, -0.2) is 22.8 Å². The molecule has 0 aliphatic carbocycles. The van der Waals surface area contributed by atoms with Gasteiger partial charge in [-0.1, -0.05) is 10.2 Å². The van der Waals surface area contributed by atoms with Gasteiger partial charge in [-0.2, -0.15) is 0 Å². The van der Waals surface area contributed by atoms with Crippen molar-refractivity contribution in [1.29, 1.82) is 0 Å². The Bertz CT molecular complexity index is 1720. The molecule has 0 unspecified atom stereocenters. The minimum Gasteiger partial charge on any atom is -0.466 e. The molecule has 0 aliphatic heterocycles. The van der Waals surface area contributed by atoms with Crippen LogP contribution in [0.15, 0.2) is 48.9 Å². The number of aromatic nitrogens is 1. The molecule has 0 spiro atoms. The summed E-state index contributed by atoms with van der Waals surface area (Å²) in [5, 5.41) is 13.5. The van der Waals surface area contributed by atoms with Crippen LogP contribution in [0.1, 0.15) is 33.3 Å². The first-order chi connectivity index (χ1) is 21.6. The average molecular weight is 686 g/mol. The van der Waals surface area contributed by atoms with Crippen molar-refractivity contribution in [2.45, 2.75) is 6.92 Å². The zero-order chi connectivity index (χ0) is 33.8. The lowest BCUT2D eigenvalue weighted by Crippen LogP contribution is -2.06. The third kappa shape index (κ3) is 13.0. The van der Waals surface area contributed by atoms with Crippen LogP contribution in [-0.2, 0) is 23.8 Å². The van der Waals surface area contributed by atoms with Crippen LogP contribution in [0.25, 0.3) is 37.2 Å². The Hall–Kier alpha value is -5.13. The summed E-state index contributed by atoms with van der Waals surface area (Å²) < 4.78 is 51.4. The van der Waals surface area contributed by atoms with Crippen molar-refractivity contribution < 1.29 is 46.6 Å². The second-order valence-corrected chi connectivity index (χ2v) is 9.74. The fourth-order valence-corrected chi connectivity index (χ4v) is 4.68. The minimum atomic E-state index is -0.807. The maximum atomic E-state index is 13.0. The predicted molar refractivity (Wildman–Crippen MR) is 161 cm³/mol. The number of methoxy groups -OCH3 is 2. The van der Waals surface area contributed by atoms with Crippen LogP contribution in [0.4, 0.5) is 13.2 Å². The van der Waals surface area contributed by atoms with Crippen LogP contribution in [0.3, 0.4) is 0 Å². The van der Waals surface area contributed by atoms with Crippen LogP contribution >= 0.6 is 34.0 Å². The molecule has 14 nitrogen and oxygen atoms in total. The van der Waals surface area contributed by atoms with Gasteiger partial charge in [0.05, 0.1) is 26.4 Å². The van der Waals surface area contributed by atoms with Crippen molar-refractivity contribution in [2.24, 2.45) is 10.2 Å². The summed E-state index contributed by atoms with van der Waals surface area (Å²) in [4.78, 5) is 50.5. The molecule has 45 heavy (non-hydrogen) atoms. The molecule has 20 heteroatoms. The van der Waals surface area contributed by atoms with Crippen molar-refractivity contribution >= 4 is 74.5 Å². The molecular formula is C25H22F3N7O7S3. The number of azide groups is 2. The monoisotopic (exact) mass is 685 g/mol. The molecule has 0 atom stereocenters. The van der Waals surface area contributed by atoms with E-state index in [0.717, 1.165) is 24.5 Å². The number of hydrogen-bond acceptors (Lipinski definition) is 12. The summed E-state index contributed by atoms with van der Waals surface area (Å²) >= 11 is 3.55. The molecule has 4 aromatic rings. The lowest BCUT2D eigenvalue weighted by Gasteiger charge is -1.96. The molecule has 0 amide bonds. The standard InChI is InChI=1S/C8H6FN3O2S.C8H6FNO2S.C5H3FOS.C4H7N3O2/c1-14-8(13)7(11-12-10)2-5-3-15-4-6(5)9;1-12-8(11)6-2-4-5(9)3-13-7(4)10-6;6-5-3-8-2-4(5)1-7;1-2-9-4(8)3-6-7-5/h2-4H,1H3;2-3,10H,1H3;1-3H;2-3H2,1H3/b7-2-;;;. The molecule has 4 aromatic heterocycles. The summed E-state index contributed by atoms with van der Waals surface area (Å²) in [6.07, 6.45) is 1.64. The number of thiophene rings is 3. The Labute approximate surface area is 263 Å². The highest BCUT2D eigenvalue weighted by molar-refractivity contribution is 7.16. The van der Waals surface area contributed by atoms with Crippen LogP contribution in [0.2, 0.25) is 0 Å². The highest BCUT2D eigenvalue weighted by Crippen LogP contribution is 2.25. The largest absolute Gasteiger partial charge is 0.466 e. The van der Waals surface area contributed by atoms with Crippen LogP contribution < -0.4 is 0 Å². The summed E-state index contributed by atoms with van der Waals surface area (Å²) in [5.74, 6) is -3.00. The zero-order valence-corrected chi connectivity index (χ0v) is 25.9. The Morgan fingerprint density at radius 1 is 0.956 bits per heavy atom. The summed E-state index contributed by atoms with van der Waals surface area (Å²) in [6.45, 7) is 1.79. The number of fused-ring (bicyclic) bond motifs is 1. The van der Waals surface area contributed by atoms with Gasteiger partial charge in [-0.05, 0) is 30.1 Å². The maximum absolute atomic E-state index is 13.0.